The number of methoxy groups -OCH3 is 2. The van der Waals surface area contributed by atoms with E-state index in [1.54, 1.807) is 32.4 Å². The number of amides is 1. The van der Waals surface area contributed by atoms with Gasteiger partial charge in [0.2, 0.25) is 5.91 Å². The zero-order chi connectivity index (χ0) is 22.5. The summed E-state index contributed by atoms with van der Waals surface area (Å²) >= 11 is 0. The minimum atomic E-state index is -0.267. The largest absolute Gasteiger partial charge is 0.493 e. The molecule has 1 fully saturated rings. The molecule has 0 saturated carbocycles. The van der Waals surface area contributed by atoms with Crippen molar-refractivity contribution in [2.24, 2.45) is 0 Å². The Morgan fingerprint density at radius 2 is 1.94 bits per heavy atom. The van der Waals surface area contributed by atoms with Crippen molar-refractivity contribution in [3.05, 3.63) is 59.9 Å². The monoisotopic (exact) mass is 438 g/mol. The second kappa shape index (κ2) is 9.72. The van der Waals surface area contributed by atoms with Gasteiger partial charge >= 0.3 is 0 Å². The highest BCUT2D eigenvalue weighted by atomic mass is 19.1. The summed E-state index contributed by atoms with van der Waals surface area (Å²) in [6.45, 7) is 1.56. The first-order chi connectivity index (χ1) is 15.6. The van der Waals surface area contributed by atoms with Crippen molar-refractivity contribution >= 4 is 11.7 Å². The predicted octanol–water partition coefficient (Wildman–Crippen LogP) is 3.56. The first-order valence-electron chi connectivity index (χ1n) is 10.6. The first kappa shape index (κ1) is 21.7. The minimum absolute atomic E-state index is 0.0295. The fraction of sp³-hybridized carbons (Fsp3) is 0.333. The Bertz CT molecular complexity index is 1070. The average molecular weight is 439 g/mol. The number of carbonyl (C=O) groups excluding carboxylic acids is 1. The number of hydrogen-bond acceptors (Lipinski definition) is 5. The van der Waals surface area contributed by atoms with Gasteiger partial charge in [-0.15, -0.1) is 0 Å². The molecule has 1 aromatic heterocycles. The van der Waals surface area contributed by atoms with E-state index in [4.69, 9.17) is 9.47 Å². The van der Waals surface area contributed by atoms with Crippen molar-refractivity contribution in [1.82, 2.24) is 15.5 Å². The van der Waals surface area contributed by atoms with E-state index in [2.05, 4.69) is 20.4 Å². The number of aromatic nitrogens is 2. The molecule has 168 valence electrons. The smallest absolute Gasteiger partial charge is 0.224 e. The number of hydrogen-bond donors (Lipinski definition) is 2. The molecule has 4 rings (SSSR count). The van der Waals surface area contributed by atoms with Gasteiger partial charge in [0.15, 0.2) is 17.3 Å². The molecule has 0 aliphatic carbocycles. The van der Waals surface area contributed by atoms with Gasteiger partial charge < -0.3 is 19.7 Å². The Balaban J connectivity index is 1.36. The van der Waals surface area contributed by atoms with Crippen molar-refractivity contribution in [2.75, 3.05) is 32.2 Å². The lowest BCUT2D eigenvalue weighted by molar-refractivity contribution is -0.121. The molecule has 0 bridgehead atoms. The maximum atomic E-state index is 13.2. The SMILES string of the molecule is COc1ccc(CC(=O)NC2CCCN(c3cc(-c4ccc(F)cc4)[nH]n3)C2)cc1OC. The Labute approximate surface area is 186 Å². The highest BCUT2D eigenvalue weighted by Gasteiger charge is 2.23. The molecule has 0 radical (unpaired) electrons. The fourth-order valence-electron chi connectivity index (χ4n) is 4.01. The Kier molecular flexibility index (Phi) is 6.58. The molecule has 3 aromatic rings. The van der Waals surface area contributed by atoms with E-state index in [0.717, 1.165) is 42.0 Å². The second-order valence-electron chi connectivity index (χ2n) is 7.87. The van der Waals surface area contributed by atoms with Crippen LogP contribution in [-0.2, 0) is 11.2 Å². The summed E-state index contributed by atoms with van der Waals surface area (Å²) in [5.74, 6) is 1.77. The summed E-state index contributed by atoms with van der Waals surface area (Å²) in [6, 6.07) is 13.8. The van der Waals surface area contributed by atoms with Crippen molar-refractivity contribution in [3.8, 4) is 22.8 Å². The molecule has 1 saturated heterocycles. The van der Waals surface area contributed by atoms with Crippen LogP contribution in [0.4, 0.5) is 10.2 Å². The summed E-state index contributed by atoms with van der Waals surface area (Å²) in [4.78, 5) is 14.8. The lowest BCUT2D eigenvalue weighted by Crippen LogP contribution is -2.48. The number of halogens is 1. The second-order valence-corrected chi connectivity index (χ2v) is 7.87. The number of aromatic amines is 1. The number of piperidine rings is 1. The lowest BCUT2D eigenvalue weighted by atomic mass is 10.0. The third-order valence-corrected chi connectivity index (χ3v) is 5.64. The van der Waals surface area contributed by atoms with E-state index in [9.17, 15) is 9.18 Å². The highest BCUT2D eigenvalue weighted by molar-refractivity contribution is 5.79. The van der Waals surface area contributed by atoms with Gasteiger partial charge in [0.1, 0.15) is 5.82 Å². The minimum Gasteiger partial charge on any atom is -0.493 e. The fourth-order valence-corrected chi connectivity index (χ4v) is 4.01. The van der Waals surface area contributed by atoms with Crippen LogP contribution in [0.3, 0.4) is 0 Å². The molecular formula is C24H27FN4O3. The molecule has 0 spiro atoms. The van der Waals surface area contributed by atoms with Crippen molar-refractivity contribution in [3.63, 3.8) is 0 Å². The van der Waals surface area contributed by atoms with E-state index in [1.807, 2.05) is 18.2 Å². The van der Waals surface area contributed by atoms with Gasteiger partial charge in [0.25, 0.3) is 0 Å². The van der Waals surface area contributed by atoms with Gasteiger partial charge in [0.05, 0.1) is 26.3 Å². The molecule has 1 atom stereocenters. The number of ether oxygens (including phenoxy) is 2. The maximum Gasteiger partial charge on any atom is 0.224 e. The molecule has 7 nitrogen and oxygen atoms in total. The maximum absolute atomic E-state index is 13.2. The van der Waals surface area contributed by atoms with E-state index >= 15 is 0 Å². The molecule has 2 heterocycles. The molecule has 2 aromatic carbocycles. The van der Waals surface area contributed by atoms with Crippen LogP contribution < -0.4 is 19.7 Å². The molecule has 1 unspecified atom stereocenters. The molecule has 1 aliphatic heterocycles. The molecule has 32 heavy (non-hydrogen) atoms. The number of nitrogens with zero attached hydrogens (tertiary/aromatic N) is 2. The third kappa shape index (κ3) is 5.01. The topological polar surface area (TPSA) is 79.5 Å². The normalized spacial score (nSPS) is 16.0. The quantitative estimate of drug-likeness (QED) is 0.590. The molecular weight excluding hydrogens is 411 g/mol. The predicted molar refractivity (Wildman–Crippen MR) is 121 cm³/mol. The summed E-state index contributed by atoms with van der Waals surface area (Å²) in [6.07, 6.45) is 2.15. The zero-order valence-corrected chi connectivity index (χ0v) is 18.2. The van der Waals surface area contributed by atoms with Gasteiger partial charge in [0, 0.05) is 25.2 Å². The van der Waals surface area contributed by atoms with E-state index in [0.29, 0.717) is 18.0 Å². The summed E-state index contributed by atoms with van der Waals surface area (Å²) in [7, 11) is 3.16. The molecule has 1 aliphatic rings. The van der Waals surface area contributed by atoms with Gasteiger partial charge in [-0.25, -0.2) is 4.39 Å². The molecule has 2 N–H and O–H groups in total. The Morgan fingerprint density at radius 1 is 1.16 bits per heavy atom. The Hall–Kier alpha value is -3.55. The Morgan fingerprint density at radius 3 is 2.69 bits per heavy atom. The van der Waals surface area contributed by atoms with Crippen LogP contribution in [0.15, 0.2) is 48.5 Å². The van der Waals surface area contributed by atoms with Gasteiger partial charge in [-0.1, -0.05) is 6.07 Å². The van der Waals surface area contributed by atoms with Crippen LogP contribution in [0, 0.1) is 5.82 Å². The summed E-state index contributed by atoms with van der Waals surface area (Å²) in [5, 5.41) is 10.6. The van der Waals surface area contributed by atoms with E-state index < -0.39 is 0 Å². The number of H-pyrrole nitrogens is 1. The standard InChI is InChI=1S/C24H27FN4O3/c1-31-21-10-5-16(12-22(21)32-2)13-24(30)26-19-4-3-11-29(15-19)23-14-20(27-28-23)17-6-8-18(25)9-7-17/h5-10,12,14,19H,3-4,11,13,15H2,1-2H3,(H,26,30)(H,27,28). The number of carbonyl (C=O) groups is 1. The van der Waals surface area contributed by atoms with E-state index in [1.165, 1.54) is 12.1 Å². The van der Waals surface area contributed by atoms with Crippen molar-refractivity contribution in [2.45, 2.75) is 25.3 Å². The van der Waals surface area contributed by atoms with Gasteiger partial charge in [-0.3, -0.25) is 9.89 Å². The lowest BCUT2D eigenvalue weighted by Gasteiger charge is -2.33. The highest BCUT2D eigenvalue weighted by Crippen LogP contribution is 2.28. The number of benzene rings is 2. The van der Waals surface area contributed by atoms with E-state index in [-0.39, 0.29) is 24.2 Å². The van der Waals surface area contributed by atoms with Crippen LogP contribution in [0.1, 0.15) is 18.4 Å². The number of nitrogens with one attached hydrogen (secondary N) is 2. The van der Waals surface area contributed by atoms with Crippen LogP contribution >= 0.6 is 0 Å². The van der Waals surface area contributed by atoms with Gasteiger partial charge in [-0.2, -0.15) is 5.10 Å². The average Bonchev–Trinajstić information content (AvgIpc) is 3.30. The van der Waals surface area contributed by atoms with Crippen LogP contribution in [-0.4, -0.2) is 49.5 Å². The van der Waals surface area contributed by atoms with Crippen LogP contribution in [0.5, 0.6) is 11.5 Å². The third-order valence-electron chi connectivity index (χ3n) is 5.64. The van der Waals surface area contributed by atoms with Gasteiger partial charge in [-0.05, 0) is 60.4 Å². The summed E-state index contributed by atoms with van der Waals surface area (Å²) < 4.78 is 23.7. The number of rotatable bonds is 7. The van der Waals surface area contributed by atoms with Crippen molar-refractivity contribution < 1.29 is 18.7 Å². The zero-order valence-electron chi connectivity index (χ0n) is 18.2. The van der Waals surface area contributed by atoms with Crippen molar-refractivity contribution in [1.29, 1.82) is 0 Å². The number of anilines is 1. The van der Waals surface area contributed by atoms with Crippen LogP contribution in [0.2, 0.25) is 0 Å². The first-order valence-corrected chi connectivity index (χ1v) is 10.6. The van der Waals surface area contributed by atoms with Crippen LogP contribution in [0.25, 0.3) is 11.3 Å². The molecule has 1 amide bonds. The summed E-state index contributed by atoms with van der Waals surface area (Å²) in [5.41, 5.74) is 2.57. The molecule has 8 heteroatoms.